The minimum Gasteiger partial charge on any atom is -0.393 e. The van der Waals surface area contributed by atoms with Crippen molar-refractivity contribution in [3.8, 4) is 0 Å². The second kappa shape index (κ2) is 6.11. The summed E-state index contributed by atoms with van der Waals surface area (Å²) in [4.78, 5) is 2.72. The van der Waals surface area contributed by atoms with Crippen LogP contribution in [0.25, 0.3) is 0 Å². The Morgan fingerprint density at radius 3 is 2.71 bits per heavy atom. The first-order valence-corrected chi connectivity index (χ1v) is 8.18. The molecule has 0 aromatic rings. The Balaban J connectivity index is 2.45. The van der Waals surface area contributed by atoms with E-state index < -0.39 is 9.84 Å². The number of nitrogens with zero attached hydrogens (tertiary/aromatic N) is 1. The lowest BCUT2D eigenvalue weighted by Crippen LogP contribution is -2.42. The Morgan fingerprint density at radius 1 is 1.53 bits per heavy atom. The van der Waals surface area contributed by atoms with Crippen LogP contribution in [0.15, 0.2) is 0 Å². The lowest BCUT2D eigenvalue weighted by Gasteiger charge is -2.32. The highest BCUT2D eigenvalue weighted by Crippen LogP contribution is 2.16. The predicted molar refractivity (Wildman–Crippen MR) is 74.9 cm³/mol. The average molecular weight is 278 g/mol. The highest BCUT2D eigenvalue weighted by atomic mass is 32.2. The maximum atomic E-state index is 11.7. The molecule has 1 rings (SSSR count). The van der Waals surface area contributed by atoms with E-state index in [4.69, 9.17) is 18.0 Å². The minimum absolute atomic E-state index is 0.231. The Kier molecular flexibility index (Phi) is 5.34. The van der Waals surface area contributed by atoms with Gasteiger partial charge in [-0.25, -0.2) is 8.42 Å². The predicted octanol–water partition coefficient (Wildman–Crippen LogP) is 0.808. The van der Waals surface area contributed by atoms with Crippen LogP contribution < -0.4 is 5.73 Å². The van der Waals surface area contributed by atoms with Crippen molar-refractivity contribution in [3.05, 3.63) is 0 Å². The molecule has 1 unspecified atom stereocenters. The number of nitrogens with two attached hydrogens (primary N) is 1. The van der Waals surface area contributed by atoms with Gasteiger partial charge in [0.05, 0.1) is 16.0 Å². The third-order valence-corrected chi connectivity index (χ3v) is 5.84. The molecule has 17 heavy (non-hydrogen) atoms. The summed E-state index contributed by atoms with van der Waals surface area (Å²) in [6.45, 7) is 5.81. The summed E-state index contributed by atoms with van der Waals surface area (Å²) < 4.78 is 23.4. The van der Waals surface area contributed by atoms with E-state index in [0.29, 0.717) is 11.5 Å². The summed E-state index contributed by atoms with van der Waals surface area (Å²) in [6, 6.07) is 0. The lowest BCUT2D eigenvalue weighted by atomic mass is 9.98. The molecular formula is C11H22N2O2S2. The number of hydrogen-bond acceptors (Lipinski definition) is 4. The summed E-state index contributed by atoms with van der Waals surface area (Å²) in [6.07, 6.45) is 2.08. The van der Waals surface area contributed by atoms with Crippen LogP contribution in [0.3, 0.4) is 0 Å². The van der Waals surface area contributed by atoms with Gasteiger partial charge in [-0.1, -0.05) is 12.2 Å². The normalized spacial score (nSPS) is 22.9. The zero-order chi connectivity index (χ0) is 13.1. The zero-order valence-corrected chi connectivity index (χ0v) is 12.2. The lowest BCUT2D eigenvalue weighted by molar-refractivity contribution is 0.215. The molecule has 0 aromatic carbocycles. The zero-order valence-electron chi connectivity index (χ0n) is 10.6. The van der Waals surface area contributed by atoms with Crippen LogP contribution in [-0.2, 0) is 9.84 Å². The molecule has 0 aromatic heterocycles. The summed E-state index contributed by atoms with van der Waals surface area (Å²) in [5.41, 5.74) is 5.65. The van der Waals surface area contributed by atoms with Gasteiger partial charge in [0.15, 0.2) is 9.84 Å². The third kappa shape index (κ3) is 4.52. The van der Waals surface area contributed by atoms with Gasteiger partial charge in [-0.3, -0.25) is 0 Å². The van der Waals surface area contributed by atoms with Gasteiger partial charge in [0.2, 0.25) is 0 Å². The van der Waals surface area contributed by atoms with Gasteiger partial charge in [-0.2, -0.15) is 0 Å². The second-order valence-corrected chi connectivity index (χ2v) is 8.11. The molecule has 1 atom stereocenters. The SMILES string of the molecule is CC(C)S(=O)(=O)CCN1CCCC(C(N)=S)C1. The Hall–Kier alpha value is -0.200. The van der Waals surface area contributed by atoms with E-state index in [2.05, 4.69) is 4.90 Å². The van der Waals surface area contributed by atoms with Gasteiger partial charge < -0.3 is 10.6 Å². The Morgan fingerprint density at radius 2 is 2.18 bits per heavy atom. The van der Waals surface area contributed by atoms with Crippen LogP contribution in [0.5, 0.6) is 0 Å². The molecule has 1 heterocycles. The van der Waals surface area contributed by atoms with Crippen molar-refractivity contribution in [2.75, 3.05) is 25.4 Å². The van der Waals surface area contributed by atoms with Crippen molar-refractivity contribution in [1.29, 1.82) is 0 Å². The fourth-order valence-corrected chi connectivity index (χ4v) is 3.16. The molecule has 0 radical (unpaired) electrons. The van der Waals surface area contributed by atoms with E-state index in [1.165, 1.54) is 0 Å². The number of hydrogen-bond donors (Lipinski definition) is 1. The fraction of sp³-hybridized carbons (Fsp3) is 0.909. The highest BCUT2D eigenvalue weighted by Gasteiger charge is 2.24. The molecule has 1 aliphatic rings. The molecule has 0 saturated carbocycles. The summed E-state index contributed by atoms with van der Waals surface area (Å²) in [7, 11) is -2.94. The molecule has 0 spiro atoms. The van der Waals surface area contributed by atoms with Gasteiger partial charge in [0.25, 0.3) is 0 Å². The van der Waals surface area contributed by atoms with E-state index in [1.54, 1.807) is 13.8 Å². The Labute approximate surface area is 109 Å². The summed E-state index contributed by atoms with van der Waals surface area (Å²) in [5.74, 6) is 0.481. The standard InChI is InChI=1S/C11H22N2O2S2/c1-9(2)17(14,15)7-6-13-5-3-4-10(8-13)11(12)16/h9-10H,3-8H2,1-2H3,(H2,12,16). The minimum atomic E-state index is -2.94. The third-order valence-electron chi connectivity index (χ3n) is 3.32. The van der Waals surface area contributed by atoms with Crippen molar-refractivity contribution in [1.82, 2.24) is 4.90 Å². The maximum absolute atomic E-state index is 11.7. The van der Waals surface area contributed by atoms with E-state index in [-0.39, 0.29) is 16.9 Å². The van der Waals surface area contributed by atoms with Crippen molar-refractivity contribution in [2.45, 2.75) is 31.9 Å². The first-order chi connectivity index (χ1) is 7.83. The van der Waals surface area contributed by atoms with Crippen LogP contribution in [0.2, 0.25) is 0 Å². The monoisotopic (exact) mass is 278 g/mol. The van der Waals surface area contributed by atoms with Crippen LogP contribution in [0.1, 0.15) is 26.7 Å². The van der Waals surface area contributed by atoms with Gasteiger partial charge in [-0.15, -0.1) is 0 Å². The van der Waals surface area contributed by atoms with Crippen molar-refractivity contribution in [3.63, 3.8) is 0 Å². The van der Waals surface area contributed by atoms with E-state index in [1.807, 2.05) is 0 Å². The topological polar surface area (TPSA) is 63.4 Å². The van der Waals surface area contributed by atoms with Crippen LogP contribution in [-0.4, -0.2) is 48.9 Å². The van der Waals surface area contributed by atoms with Crippen molar-refractivity contribution in [2.24, 2.45) is 11.7 Å². The largest absolute Gasteiger partial charge is 0.393 e. The number of thiocarbonyl (C=S) groups is 1. The Bertz CT molecular complexity index is 366. The molecule has 0 amide bonds. The van der Waals surface area contributed by atoms with Crippen molar-refractivity contribution >= 4 is 27.0 Å². The number of likely N-dealkylation sites (tertiary alicyclic amines) is 1. The van der Waals surface area contributed by atoms with Crippen LogP contribution in [0, 0.1) is 5.92 Å². The quantitative estimate of drug-likeness (QED) is 0.754. The van der Waals surface area contributed by atoms with E-state index >= 15 is 0 Å². The first kappa shape index (κ1) is 14.9. The van der Waals surface area contributed by atoms with Gasteiger partial charge in [-0.05, 0) is 33.2 Å². The van der Waals surface area contributed by atoms with Crippen LogP contribution >= 0.6 is 12.2 Å². The number of rotatable bonds is 5. The molecule has 100 valence electrons. The van der Waals surface area contributed by atoms with E-state index in [9.17, 15) is 8.42 Å². The number of sulfone groups is 1. The van der Waals surface area contributed by atoms with Crippen molar-refractivity contribution < 1.29 is 8.42 Å². The fourth-order valence-electron chi connectivity index (χ4n) is 1.98. The molecule has 1 saturated heterocycles. The molecule has 4 nitrogen and oxygen atoms in total. The molecule has 0 aliphatic carbocycles. The average Bonchev–Trinajstić information content (AvgIpc) is 2.26. The molecule has 1 aliphatic heterocycles. The van der Waals surface area contributed by atoms with Gasteiger partial charge in [0.1, 0.15) is 0 Å². The molecular weight excluding hydrogens is 256 g/mol. The first-order valence-electron chi connectivity index (χ1n) is 6.06. The molecule has 1 fully saturated rings. The molecule has 2 N–H and O–H groups in total. The van der Waals surface area contributed by atoms with Crippen LogP contribution in [0.4, 0.5) is 0 Å². The molecule has 6 heteroatoms. The number of piperidine rings is 1. The second-order valence-electron chi connectivity index (χ2n) is 4.96. The summed E-state index contributed by atoms with van der Waals surface area (Å²) >= 11 is 5.00. The molecule has 0 bridgehead atoms. The van der Waals surface area contributed by atoms with Gasteiger partial charge in [0, 0.05) is 19.0 Å². The van der Waals surface area contributed by atoms with E-state index in [0.717, 1.165) is 25.9 Å². The smallest absolute Gasteiger partial charge is 0.153 e. The summed E-state index contributed by atoms with van der Waals surface area (Å²) in [5, 5.41) is -0.293. The van der Waals surface area contributed by atoms with Gasteiger partial charge >= 0.3 is 0 Å². The maximum Gasteiger partial charge on any atom is 0.153 e. The highest BCUT2D eigenvalue weighted by molar-refractivity contribution is 7.92.